The van der Waals surface area contributed by atoms with E-state index < -0.39 is 10.0 Å². The Bertz CT molecular complexity index is 1260. The van der Waals surface area contributed by atoms with Crippen molar-refractivity contribution in [3.8, 4) is 17.0 Å². The third-order valence-electron chi connectivity index (χ3n) is 5.66. The standard InChI is InChI=1S/C24H27N5O4S/c1-33-21-8-6-17(7-9-21)22-15-23(26-16-25-22)29-12-10-18(11-13-29)24(30)27-19-4-3-5-20(14-19)28-34(2,31)32/h3-9,14-16,18,28H,10-13H2,1-2H3,(H,27,30). The second-order valence-corrected chi connectivity index (χ2v) is 9.94. The van der Waals surface area contributed by atoms with E-state index in [9.17, 15) is 13.2 Å². The van der Waals surface area contributed by atoms with Crippen molar-refractivity contribution in [1.82, 2.24) is 9.97 Å². The lowest BCUT2D eigenvalue weighted by molar-refractivity contribution is -0.120. The lowest BCUT2D eigenvalue weighted by atomic mass is 9.95. The Hall–Kier alpha value is -3.66. The van der Waals surface area contributed by atoms with Gasteiger partial charge in [0.2, 0.25) is 15.9 Å². The van der Waals surface area contributed by atoms with Crippen molar-refractivity contribution in [3.05, 3.63) is 60.9 Å². The number of aromatic nitrogens is 2. The number of carbonyl (C=O) groups is 1. The number of ether oxygens (including phenoxy) is 1. The molecule has 2 N–H and O–H groups in total. The van der Waals surface area contributed by atoms with E-state index in [0.29, 0.717) is 37.3 Å². The minimum Gasteiger partial charge on any atom is -0.497 e. The van der Waals surface area contributed by atoms with Crippen LogP contribution in [-0.4, -0.2) is 50.7 Å². The van der Waals surface area contributed by atoms with Crippen LogP contribution in [0.2, 0.25) is 0 Å². The molecule has 0 radical (unpaired) electrons. The van der Waals surface area contributed by atoms with Gasteiger partial charge in [0.25, 0.3) is 0 Å². The summed E-state index contributed by atoms with van der Waals surface area (Å²) in [5, 5.41) is 2.90. The SMILES string of the molecule is COc1ccc(-c2cc(N3CCC(C(=O)Nc4cccc(NS(C)(=O)=O)c4)CC3)ncn2)cc1. The van der Waals surface area contributed by atoms with E-state index >= 15 is 0 Å². The van der Waals surface area contributed by atoms with Gasteiger partial charge >= 0.3 is 0 Å². The molecule has 0 bridgehead atoms. The van der Waals surface area contributed by atoms with Gasteiger partial charge < -0.3 is 15.0 Å². The number of benzene rings is 2. The van der Waals surface area contributed by atoms with Gasteiger partial charge in [0.15, 0.2) is 0 Å². The van der Waals surface area contributed by atoms with Gasteiger partial charge in [-0.05, 0) is 55.3 Å². The van der Waals surface area contributed by atoms with Gasteiger partial charge in [0.05, 0.1) is 24.7 Å². The predicted octanol–water partition coefficient (Wildman–Crippen LogP) is 3.38. The number of amides is 1. The molecule has 1 saturated heterocycles. The van der Waals surface area contributed by atoms with Gasteiger partial charge in [0, 0.05) is 36.3 Å². The first-order valence-corrected chi connectivity index (χ1v) is 12.8. The van der Waals surface area contributed by atoms with Crippen LogP contribution in [0.3, 0.4) is 0 Å². The molecule has 1 aromatic heterocycles. The molecule has 4 rings (SSSR count). The summed E-state index contributed by atoms with van der Waals surface area (Å²) in [4.78, 5) is 23.8. The minimum atomic E-state index is -3.38. The van der Waals surface area contributed by atoms with Crippen LogP contribution in [0.4, 0.5) is 17.2 Å². The first-order chi connectivity index (χ1) is 16.3. The van der Waals surface area contributed by atoms with Crippen LogP contribution in [0, 0.1) is 5.92 Å². The highest BCUT2D eigenvalue weighted by Gasteiger charge is 2.26. The molecular weight excluding hydrogens is 454 g/mol. The average molecular weight is 482 g/mol. The van der Waals surface area contributed by atoms with E-state index in [2.05, 4.69) is 24.9 Å². The molecule has 2 aromatic carbocycles. The zero-order valence-corrected chi connectivity index (χ0v) is 19.9. The summed E-state index contributed by atoms with van der Waals surface area (Å²) in [5.41, 5.74) is 2.77. The normalized spacial score (nSPS) is 14.5. The third-order valence-corrected chi connectivity index (χ3v) is 6.27. The first-order valence-electron chi connectivity index (χ1n) is 10.9. The van der Waals surface area contributed by atoms with Crippen molar-refractivity contribution >= 4 is 33.1 Å². The first kappa shape index (κ1) is 23.5. The Balaban J connectivity index is 1.36. The summed E-state index contributed by atoms with van der Waals surface area (Å²) >= 11 is 0. The Labute approximate surface area is 199 Å². The van der Waals surface area contributed by atoms with Crippen LogP contribution in [0.15, 0.2) is 60.9 Å². The second kappa shape index (κ2) is 10.1. The van der Waals surface area contributed by atoms with Gasteiger partial charge in [-0.1, -0.05) is 6.07 Å². The minimum absolute atomic E-state index is 0.0715. The molecule has 1 aliphatic rings. The summed E-state index contributed by atoms with van der Waals surface area (Å²) in [6.45, 7) is 1.40. The number of anilines is 3. The van der Waals surface area contributed by atoms with E-state index in [1.807, 2.05) is 30.3 Å². The van der Waals surface area contributed by atoms with Gasteiger partial charge in [-0.2, -0.15) is 0 Å². The van der Waals surface area contributed by atoms with Crippen LogP contribution in [0.1, 0.15) is 12.8 Å². The molecule has 1 fully saturated rings. The molecule has 10 heteroatoms. The predicted molar refractivity (Wildman–Crippen MR) is 132 cm³/mol. The maximum absolute atomic E-state index is 12.8. The number of hydrogen-bond donors (Lipinski definition) is 2. The Morgan fingerprint density at radius 3 is 2.41 bits per heavy atom. The maximum Gasteiger partial charge on any atom is 0.229 e. The summed E-state index contributed by atoms with van der Waals surface area (Å²) < 4.78 is 30.5. The molecule has 0 spiro atoms. The highest BCUT2D eigenvalue weighted by molar-refractivity contribution is 7.92. The molecule has 0 saturated carbocycles. The maximum atomic E-state index is 12.8. The number of methoxy groups -OCH3 is 1. The molecule has 0 aliphatic carbocycles. The highest BCUT2D eigenvalue weighted by atomic mass is 32.2. The second-order valence-electron chi connectivity index (χ2n) is 8.20. The summed E-state index contributed by atoms with van der Waals surface area (Å²) in [5.74, 6) is 1.42. The van der Waals surface area contributed by atoms with Crippen molar-refractivity contribution in [2.24, 2.45) is 5.92 Å². The number of carbonyl (C=O) groups excluding carboxylic acids is 1. The van der Waals surface area contributed by atoms with E-state index in [4.69, 9.17) is 4.74 Å². The molecule has 9 nitrogen and oxygen atoms in total. The molecular formula is C24H27N5O4S. The molecule has 0 atom stereocenters. The van der Waals surface area contributed by atoms with Crippen LogP contribution in [0.5, 0.6) is 5.75 Å². The molecule has 1 amide bonds. The number of hydrogen-bond acceptors (Lipinski definition) is 7. The van der Waals surface area contributed by atoms with Crippen LogP contribution in [-0.2, 0) is 14.8 Å². The lowest BCUT2D eigenvalue weighted by Gasteiger charge is -2.32. The molecule has 34 heavy (non-hydrogen) atoms. The fraction of sp³-hybridized carbons (Fsp3) is 0.292. The van der Waals surface area contributed by atoms with Crippen molar-refractivity contribution in [1.29, 1.82) is 0 Å². The Kier molecular flexibility index (Phi) is 6.97. The molecule has 2 heterocycles. The van der Waals surface area contributed by atoms with Crippen molar-refractivity contribution < 1.29 is 17.9 Å². The highest BCUT2D eigenvalue weighted by Crippen LogP contribution is 2.27. The van der Waals surface area contributed by atoms with E-state index in [1.54, 1.807) is 37.7 Å². The van der Waals surface area contributed by atoms with Gasteiger partial charge in [-0.15, -0.1) is 0 Å². The zero-order valence-electron chi connectivity index (χ0n) is 19.1. The van der Waals surface area contributed by atoms with Crippen LogP contribution >= 0.6 is 0 Å². The smallest absolute Gasteiger partial charge is 0.229 e. The van der Waals surface area contributed by atoms with E-state index in [-0.39, 0.29) is 11.8 Å². The fourth-order valence-electron chi connectivity index (χ4n) is 3.93. The van der Waals surface area contributed by atoms with Crippen molar-refractivity contribution in [3.63, 3.8) is 0 Å². The topological polar surface area (TPSA) is 114 Å². The van der Waals surface area contributed by atoms with E-state index in [0.717, 1.165) is 29.1 Å². The third kappa shape index (κ3) is 6.02. The Morgan fingerprint density at radius 2 is 1.74 bits per heavy atom. The number of nitrogens with zero attached hydrogens (tertiary/aromatic N) is 3. The quantitative estimate of drug-likeness (QED) is 0.532. The van der Waals surface area contributed by atoms with Crippen LogP contribution in [0.25, 0.3) is 11.3 Å². The summed E-state index contributed by atoms with van der Waals surface area (Å²) in [6, 6.07) is 16.4. The van der Waals surface area contributed by atoms with Crippen molar-refractivity contribution in [2.75, 3.05) is 41.4 Å². The Morgan fingerprint density at radius 1 is 1.03 bits per heavy atom. The number of sulfonamides is 1. The molecule has 0 unspecified atom stereocenters. The summed E-state index contributed by atoms with van der Waals surface area (Å²) in [6.07, 6.45) is 4.03. The molecule has 3 aromatic rings. The fourth-order valence-corrected chi connectivity index (χ4v) is 4.48. The monoisotopic (exact) mass is 481 g/mol. The number of piperidine rings is 1. The van der Waals surface area contributed by atoms with Crippen molar-refractivity contribution in [2.45, 2.75) is 12.8 Å². The summed E-state index contributed by atoms with van der Waals surface area (Å²) in [7, 11) is -1.75. The molecule has 178 valence electrons. The molecule has 1 aliphatic heterocycles. The van der Waals surface area contributed by atoms with Gasteiger partial charge in [0.1, 0.15) is 17.9 Å². The van der Waals surface area contributed by atoms with Gasteiger partial charge in [-0.3, -0.25) is 9.52 Å². The number of rotatable bonds is 7. The van der Waals surface area contributed by atoms with Crippen LogP contribution < -0.4 is 19.7 Å². The number of nitrogens with one attached hydrogen (secondary N) is 2. The average Bonchev–Trinajstić information content (AvgIpc) is 2.83. The lowest BCUT2D eigenvalue weighted by Crippen LogP contribution is -2.38. The zero-order chi connectivity index (χ0) is 24.1. The van der Waals surface area contributed by atoms with Gasteiger partial charge in [-0.25, -0.2) is 18.4 Å². The largest absolute Gasteiger partial charge is 0.497 e. The van der Waals surface area contributed by atoms with E-state index in [1.165, 1.54) is 0 Å².